The quantitative estimate of drug-likeness (QED) is 0.509. The molecule has 3 aromatic rings. The van der Waals surface area contributed by atoms with Gasteiger partial charge in [0.1, 0.15) is 23.1 Å². The third-order valence-electron chi connectivity index (χ3n) is 7.26. The predicted octanol–water partition coefficient (Wildman–Crippen LogP) is 3.56. The second kappa shape index (κ2) is 9.50. The van der Waals surface area contributed by atoms with Gasteiger partial charge >= 0.3 is 0 Å². The maximum atomic E-state index is 13.8. The lowest BCUT2D eigenvalue weighted by Gasteiger charge is -2.31. The summed E-state index contributed by atoms with van der Waals surface area (Å²) in [5, 5.41) is 17.8. The van der Waals surface area contributed by atoms with E-state index in [-0.39, 0.29) is 24.3 Å². The number of aromatic nitrogens is 2. The van der Waals surface area contributed by atoms with E-state index in [0.29, 0.717) is 23.7 Å². The minimum atomic E-state index is -1.07. The molecule has 1 saturated heterocycles. The summed E-state index contributed by atoms with van der Waals surface area (Å²) in [6.45, 7) is 9.64. The van der Waals surface area contributed by atoms with Crippen LogP contribution < -0.4 is 5.32 Å². The highest BCUT2D eigenvalue weighted by molar-refractivity contribution is 7.13. The van der Waals surface area contributed by atoms with Crippen molar-refractivity contribution in [3.05, 3.63) is 58.6 Å². The SMILES string of the molecule is Cc1cc(C(C(=O)N2C[C@H](O)C[C@@H]2C2=NC(=O)[C@](C)(c3ccc(-c4scnc4C)cc3)N2)C(C)C)on1. The van der Waals surface area contributed by atoms with Gasteiger partial charge in [-0.25, -0.2) is 4.98 Å². The number of thiazole rings is 1. The van der Waals surface area contributed by atoms with E-state index < -0.39 is 23.6 Å². The van der Waals surface area contributed by atoms with Gasteiger partial charge in [0.05, 0.1) is 33.9 Å². The molecule has 2 N–H and O–H groups in total. The lowest BCUT2D eigenvalue weighted by molar-refractivity contribution is -0.134. The largest absolute Gasteiger partial charge is 0.391 e. The van der Waals surface area contributed by atoms with Gasteiger partial charge in [-0.1, -0.05) is 43.3 Å². The highest BCUT2D eigenvalue weighted by atomic mass is 32.1. The van der Waals surface area contributed by atoms with Crippen molar-refractivity contribution in [2.24, 2.45) is 10.9 Å². The van der Waals surface area contributed by atoms with Crippen molar-refractivity contribution in [2.45, 2.75) is 64.6 Å². The fourth-order valence-corrected chi connectivity index (χ4v) is 6.02. The third-order valence-corrected chi connectivity index (χ3v) is 8.24. The summed E-state index contributed by atoms with van der Waals surface area (Å²) in [6.07, 6.45) is -0.420. The maximum Gasteiger partial charge on any atom is 0.277 e. The molecular weight excluding hydrogens is 490 g/mol. The number of likely N-dealkylation sites (tertiary alicyclic amines) is 1. The summed E-state index contributed by atoms with van der Waals surface area (Å²) >= 11 is 1.58. The molecule has 0 bridgehead atoms. The molecule has 1 fully saturated rings. The number of aryl methyl sites for hydroxylation is 2. The van der Waals surface area contributed by atoms with Gasteiger partial charge < -0.3 is 19.8 Å². The van der Waals surface area contributed by atoms with Gasteiger partial charge in [0.15, 0.2) is 0 Å². The maximum absolute atomic E-state index is 13.8. The molecule has 0 aliphatic carbocycles. The van der Waals surface area contributed by atoms with Crippen LogP contribution in [0, 0.1) is 19.8 Å². The van der Waals surface area contributed by atoms with Gasteiger partial charge in [0, 0.05) is 19.0 Å². The molecule has 2 amide bonds. The number of benzene rings is 1. The average molecular weight is 522 g/mol. The monoisotopic (exact) mass is 521 g/mol. The zero-order valence-electron chi connectivity index (χ0n) is 21.6. The highest BCUT2D eigenvalue weighted by Gasteiger charge is 2.48. The summed E-state index contributed by atoms with van der Waals surface area (Å²) in [5.74, 6) is -0.218. The number of hydrogen-bond acceptors (Lipinski definition) is 8. The third kappa shape index (κ3) is 4.48. The van der Waals surface area contributed by atoms with Gasteiger partial charge in [-0.05, 0) is 37.8 Å². The van der Waals surface area contributed by atoms with E-state index in [4.69, 9.17) is 4.52 Å². The van der Waals surface area contributed by atoms with Crippen LogP contribution >= 0.6 is 11.3 Å². The van der Waals surface area contributed by atoms with E-state index in [1.807, 2.05) is 57.5 Å². The van der Waals surface area contributed by atoms with Crippen LogP contribution in [0.25, 0.3) is 10.4 Å². The number of amides is 2. The molecule has 2 aliphatic heterocycles. The van der Waals surface area contributed by atoms with E-state index in [1.165, 1.54) is 0 Å². The zero-order chi connectivity index (χ0) is 26.5. The Labute approximate surface area is 219 Å². The number of β-amino-alcohol motifs (C(OH)–C–C–N with tert-alkyl or cyclic N) is 1. The summed E-state index contributed by atoms with van der Waals surface area (Å²) in [5.41, 5.74) is 4.23. The van der Waals surface area contributed by atoms with Gasteiger partial charge in [0.25, 0.3) is 5.91 Å². The Hall–Kier alpha value is -3.37. The first-order chi connectivity index (χ1) is 17.6. The van der Waals surface area contributed by atoms with Crippen molar-refractivity contribution >= 4 is 29.0 Å². The molecule has 9 nitrogen and oxygen atoms in total. The number of aliphatic hydroxyl groups is 1. The van der Waals surface area contributed by atoms with Gasteiger partial charge in [-0.2, -0.15) is 4.99 Å². The first-order valence-electron chi connectivity index (χ1n) is 12.4. The summed E-state index contributed by atoms with van der Waals surface area (Å²) in [6, 6.07) is 9.04. The first kappa shape index (κ1) is 25.3. The van der Waals surface area contributed by atoms with Crippen LogP contribution in [0.2, 0.25) is 0 Å². The molecular formula is C27H31N5O4S. The van der Waals surface area contributed by atoms with Crippen LogP contribution in [0.4, 0.5) is 0 Å². The topological polar surface area (TPSA) is 121 Å². The molecule has 4 atom stereocenters. The van der Waals surface area contributed by atoms with Gasteiger partial charge in [-0.3, -0.25) is 9.59 Å². The fraction of sp³-hybridized carbons (Fsp3) is 0.444. The van der Waals surface area contributed by atoms with Crippen molar-refractivity contribution in [1.29, 1.82) is 0 Å². The van der Waals surface area contributed by atoms with Crippen LogP contribution in [0.1, 0.15) is 55.8 Å². The van der Waals surface area contributed by atoms with Crippen LogP contribution in [0.3, 0.4) is 0 Å². The predicted molar refractivity (Wildman–Crippen MR) is 140 cm³/mol. The second-order valence-corrected chi connectivity index (χ2v) is 11.2. The van der Waals surface area contributed by atoms with E-state index in [1.54, 1.807) is 29.2 Å². The van der Waals surface area contributed by atoms with Crippen molar-refractivity contribution in [1.82, 2.24) is 20.4 Å². The summed E-state index contributed by atoms with van der Waals surface area (Å²) in [4.78, 5) is 38.3. The van der Waals surface area contributed by atoms with Crippen molar-refractivity contribution in [3.8, 4) is 10.4 Å². The molecule has 4 heterocycles. The number of nitrogens with one attached hydrogen (secondary N) is 1. The standard InChI is InChI=1S/C27H31N5O4S/c1-14(2)22(21-10-15(3)31-36-21)25(34)32-12-19(33)11-20(32)24-29-26(35)27(5,30-24)18-8-6-17(7-9-18)23-16(4)28-13-37-23/h6-10,13-14,19-20,22,33H,11-12H2,1-5H3,(H,29,30,35)/t19-,20-,22?,27+/m1/s1. The van der Waals surface area contributed by atoms with E-state index in [0.717, 1.165) is 21.7 Å². The summed E-state index contributed by atoms with van der Waals surface area (Å²) < 4.78 is 5.44. The number of aliphatic hydroxyl groups excluding tert-OH is 1. The van der Waals surface area contributed by atoms with Crippen molar-refractivity contribution in [3.63, 3.8) is 0 Å². The van der Waals surface area contributed by atoms with Crippen molar-refractivity contribution < 1.29 is 19.2 Å². The molecule has 1 unspecified atom stereocenters. The molecule has 1 aromatic carbocycles. The minimum Gasteiger partial charge on any atom is -0.391 e. The van der Waals surface area contributed by atoms with Crippen LogP contribution in [-0.2, 0) is 15.1 Å². The molecule has 37 heavy (non-hydrogen) atoms. The fourth-order valence-electron chi connectivity index (χ4n) is 5.21. The Balaban J connectivity index is 1.39. The zero-order valence-corrected chi connectivity index (χ0v) is 22.4. The number of nitrogens with zero attached hydrogens (tertiary/aromatic N) is 4. The number of carbonyl (C=O) groups excluding carboxylic acids is 2. The van der Waals surface area contributed by atoms with E-state index >= 15 is 0 Å². The number of carbonyl (C=O) groups is 2. The number of rotatable bonds is 6. The molecule has 5 rings (SSSR count). The van der Waals surface area contributed by atoms with Gasteiger partial charge in [-0.15, -0.1) is 11.3 Å². The molecule has 194 valence electrons. The van der Waals surface area contributed by atoms with E-state index in [9.17, 15) is 14.7 Å². The smallest absolute Gasteiger partial charge is 0.277 e. The highest BCUT2D eigenvalue weighted by Crippen LogP contribution is 2.35. The lowest BCUT2D eigenvalue weighted by Crippen LogP contribution is -2.51. The Morgan fingerprint density at radius 3 is 2.59 bits per heavy atom. The molecule has 2 aliphatic rings. The van der Waals surface area contributed by atoms with Crippen LogP contribution in [0.15, 0.2) is 45.4 Å². The summed E-state index contributed by atoms with van der Waals surface area (Å²) in [7, 11) is 0. The van der Waals surface area contributed by atoms with Gasteiger partial charge in [0.2, 0.25) is 5.91 Å². The Kier molecular flexibility index (Phi) is 6.49. The molecule has 0 saturated carbocycles. The normalized spacial score (nSPS) is 24.5. The molecule has 0 spiro atoms. The average Bonchev–Trinajstić information content (AvgIpc) is 3.62. The number of hydrogen-bond donors (Lipinski definition) is 2. The number of amidine groups is 1. The number of aliphatic imine (C=N–C) groups is 1. The van der Waals surface area contributed by atoms with Crippen molar-refractivity contribution in [2.75, 3.05) is 6.54 Å². The Morgan fingerprint density at radius 1 is 1.27 bits per heavy atom. The Morgan fingerprint density at radius 2 is 2.00 bits per heavy atom. The van der Waals surface area contributed by atoms with Crippen LogP contribution in [0.5, 0.6) is 0 Å². The molecule has 0 radical (unpaired) electrons. The minimum absolute atomic E-state index is 0.0516. The first-order valence-corrected chi connectivity index (χ1v) is 13.3. The van der Waals surface area contributed by atoms with E-state index in [2.05, 4.69) is 20.4 Å². The van der Waals surface area contributed by atoms with Crippen LogP contribution in [-0.4, -0.2) is 56.5 Å². The second-order valence-electron chi connectivity index (χ2n) is 10.4. The molecule has 2 aromatic heterocycles. The lowest BCUT2D eigenvalue weighted by atomic mass is 9.90. The Bertz CT molecular complexity index is 1360. The molecule has 10 heteroatoms.